The minimum absolute atomic E-state index is 0.405. The minimum Gasteiger partial charge on any atom is -0.363 e. The first-order valence-electron chi connectivity index (χ1n) is 13.2. The first kappa shape index (κ1) is 29.4. The Kier molecular flexibility index (Phi) is 11.2. The van der Waals surface area contributed by atoms with Gasteiger partial charge < -0.3 is 29.3 Å². The Morgan fingerprint density at radius 1 is 0.525 bits per heavy atom. The molecular weight excluding hydrogens is 496 g/mol. The van der Waals surface area contributed by atoms with Gasteiger partial charge in [0, 0.05) is 61.3 Å². The maximum atomic E-state index is 8.97. The van der Waals surface area contributed by atoms with E-state index in [2.05, 4.69) is 90.0 Å². The molecule has 0 fully saturated rings. The van der Waals surface area contributed by atoms with Gasteiger partial charge in [-0.05, 0) is 72.8 Å². The van der Waals surface area contributed by atoms with E-state index < -0.39 is 0 Å². The van der Waals surface area contributed by atoms with Crippen LogP contribution in [-0.4, -0.2) is 53.4 Å². The molecule has 0 spiro atoms. The standard InChI is InChI=1S/C32H34N8/c1-35-21-25-39(23-5-19-33)31-15-11-29(12-16-31)37(3)27-7-9-28(10-8-27)38(4)30-13-17-32(18-14-30)40(24-6-20-34)26-22-36-2/h7-18H,5-6,21-26H2,3-4H3. The Bertz CT molecular complexity index is 1230. The van der Waals surface area contributed by atoms with Gasteiger partial charge in [-0.2, -0.15) is 10.5 Å². The zero-order valence-electron chi connectivity index (χ0n) is 23.2. The Hall–Kier alpha value is -5.18. The molecule has 3 aromatic rings. The molecule has 0 atom stereocenters. The molecule has 0 heterocycles. The fourth-order valence-electron chi connectivity index (χ4n) is 4.42. The molecular formula is C32H34N8. The van der Waals surface area contributed by atoms with Gasteiger partial charge in [0.1, 0.15) is 0 Å². The van der Waals surface area contributed by atoms with E-state index in [-0.39, 0.29) is 0 Å². The molecule has 0 aliphatic rings. The van der Waals surface area contributed by atoms with Gasteiger partial charge in [0.15, 0.2) is 0 Å². The van der Waals surface area contributed by atoms with Crippen molar-refractivity contribution in [3.8, 4) is 12.1 Å². The van der Waals surface area contributed by atoms with Crippen LogP contribution in [0.25, 0.3) is 9.69 Å². The summed E-state index contributed by atoms with van der Waals surface area (Å²) in [6.45, 7) is 17.4. The quantitative estimate of drug-likeness (QED) is 0.222. The van der Waals surface area contributed by atoms with Crippen LogP contribution in [0.1, 0.15) is 12.8 Å². The molecule has 40 heavy (non-hydrogen) atoms. The van der Waals surface area contributed by atoms with Crippen LogP contribution in [0.4, 0.5) is 34.1 Å². The summed E-state index contributed by atoms with van der Waals surface area (Å²) in [6.07, 6.45) is 0.851. The van der Waals surface area contributed by atoms with Crippen LogP contribution >= 0.6 is 0 Å². The Balaban J connectivity index is 1.68. The molecule has 0 amide bonds. The summed E-state index contributed by atoms with van der Waals surface area (Å²) in [7, 11) is 4.07. The average molecular weight is 531 g/mol. The van der Waals surface area contributed by atoms with Crippen molar-refractivity contribution >= 4 is 34.1 Å². The topological polar surface area (TPSA) is 69.3 Å². The monoisotopic (exact) mass is 530 g/mol. The van der Waals surface area contributed by atoms with Gasteiger partial charge in [0.05, 0.1) is 38.1 Å². The third-order valence-electron chi connectivity index (χ3n) is 6.78. The van der Waals surface area contributed by atoms with E-state index in [0.29, 0.717) is 52.1 Å². The third kappa shape index (κ3) is 7.91. The van der Waals surface area contributed by atoms with E-state index >= 15 is 0 Å². The Morgan fingerprint density at radius 2 is 0.800 bits per heavy atom. The van der Waals surface area contributed by atoms with Crippen LogP contribution < -0.4 is 19.6 Å². The highest BCUT2D eigenvalue weighted by atomic mass is 15.1. The molecule has 0 saturated carbocycles. The number of nitrogens with zero attached hydrogens (tertiary/aromatic N) is 8. The van der Waals surface area contributed by atoms with Gasteiger partial charge in [-0.15, -0.1) is 0 Å². The molecule has 0 N–H and O–H groups in total. The summed E-state index contributed by atoms with van der Waals surface area (Å²) in [5.74, 6) is 0. The fourth-order valence-corrected chi connectivity index (χ4v) is 4.42. The maximum Gasteiger partial charge on any atom is 0.231 e. The second-order valence-electron chi connectivity index (χ2n) is 9.22. The van der Waals surface area contributed by atoms with Crippen LogP contribution in [0.3, 0.4) is 0 Å². The highest BCUT2D eigenvalue weighted by molar-refractivity contribution is 5.70. The van der Waals surface area contributed by atoms with Crippen molar-refractivity contribution in [2.24, 2.45) is 0 Å². The molecule has 0 bridgehead atoms. The van der Waals surface area contributed by atoms with Gasteiger partial charge >= 0.3 is 0 Å². The molecule has 0 radical (unpaired) electrons. The zero-order chi connectivity index (χ0) is 28.7. The first-order chi connectivity index (χ1) is 19.5. The van der Waals surface area contributed by atoms with Crippen LogP contribution in [0, 0.1) is 35.8 Å². The summed E-state index contributed by atoms with van der Waals surface area (Å²) in [5.41, 5.74) is 6.23. The Labute approximate surface area is 238 Å². The number of hydrogen-bond acceptors (Lipinski definition) is 6. The van der Waals surface area contributed by atoms with E-state index in [0.717, 1.165) is 34.1 Å². The molecule has 0 aliphatic carbocycles. The van der Waals surface area contributed by atoms with Crippen LogP contribution in [-0.2, 0) is 0 Å². The number of nitriles is 2. The van der Waals surface area contributed by atoms with Crippen LogP contribution in [0.15, 0.2) is 72.8 Å². The van der Waals surface area contributed by atoms with Crippen molar-refractivity contribution in [1.29, 1.82) is 10.5 Å². The van der Waals surface area contributed by atoms with Crippen LogP contribution in [0.5, 0.6) is 0 Å². The number of anilines is 6. The largest absolute Gasteiger partial charge is 0.363 e. The number of benzene rings is 3. The Morgan fingerprint density at radius 3 is 1.05 bits per heavy atom. The molecule has 8 nitrogen and oxygen atoms in total. The highest BCUT2D eigenvalue weighted by Gasteiger charge is 2.12. The zero-order valence-corrected chi connectivity index (χ0v) is 23.2. The molecule has 8 heteroatoms. The van der Waals surface area contributed by atoms with E-state index in [4.69, 9.17) is 23.7 Å². The van der Waals surface area contributed by atoms with Crippen molar-refractivity contribution in [2.45, 2.75) is 12.8 Å². The van der Waals surface area contributed by atoms with Gasteiger partial charge in [-0.3, -0.25) is 0 Å². The van der Waals surface area contributed by atoms with Gasteiger partial charge in [0.25, 0.3) is 0 Å². The van der Waals surface area contributed by atoms with E-state index in [1.807, 2.05) is 38.4 Å². The van der Waals surface area contributed by atoms with Gasteiger partial charge in [-0.25, -0.2) is 13.1 Å². The van der Waals surface area contributed by atoms with E-state index in [1.165, 1.54) is 0 Å². The molecule has 3 aromatic carbocycles. The van der Waals surface area contributed by atoms with Crippen molar-refractivity contribution in [3.63, 3.8) is 0 Å². The summed E-state index contributed by atoms with van der Waals surface area (Å²) in [5, 5.41) is 17.9. The average Bonchev–Trinajstić information content (AvgIpc) is 3.01. The second kappa shape index (κ2) is 15.3. The predicted octanol–water partition coefficient (Wildman–Crippen LogP) is 6.50. The molecule has 0 aromatic heterocycles. The number of hydrogen-bond donors (Lipinski definition) is 0. The van der Waals surface area contributed by atoms with Crippen molar-refractivity contribution in [1.82, 2.24) is 0 Å². The highest BCUT2D eigenvalue weighted by Crippen LogP contribution is 2.31. The SMILES string of the molecule is [C-]#[N+]CCN(CCC#N)c1ccc(N(C)c2ccc(N(C)c3ccc(N(CCC#N)CC[N+]#[C-])cc3)cc2)cc1. The molecule has 0 aliphatic heterocycles. The first-order valence-corrected chi connectivity index (χ1v) is 13.2. The van der Waals surface area contributed by atoms with Crippen molar-refractivity contribution < 1.29 is 0 Å². The summed E-state index contributed by atoms with van der Waals surface area (Å²) < 4.78 is 0. The normalized spacial score (nSPS) is 9.95. The fraction of sp³-hybridized carbons (Fsp3) is 0.312. The minimum atomic E-state index is 0.405. The summed E-state index contributed by atoms with van der Waals surface area (Å²) >= 11 is 0. The molecule has 0 unspecified atom stereocenters. The van der Waals surface area contributed by atoms with Gasteiger partial charge in [-0.1, -0.05) is 0 Å². The van der Waals surface area contributed by atoms with E-state index in [1.54, 1.807) is 0 Å². The molecule has 202 valence electrons. The molecule has 0 saturated heterocycles. The summed E-state index contributed by atoms with van der Waals surface area (Å²) in [6, 6.07) is 29.2. The maximum absolute atomic E-state index is 8.97. The van der Waals surface area contributed by atoms with E-state index in [9.17, 15) is 0 Å². The lowest BCUT2D eigenvalue weighted by Gasteiger charge is -2.25. The second-order valence-corrected chi connectivity index (χ2v) is 9.22. The lowest BCUT2D eigenvalue weighted by Crippen LogP contribution is -2.26. The lowest BCUT2D eigenvalue weighted by atomic mass is 10.2. The smallest absolute Gasteiger partial charge is 0.231 e. The lowest BCUT2D eigenvalue weighted by molar-refractivity contribution is 0.815. The third-order valence-corrected chi connectivity index (χ3v) is 6.78. The van der Waals surface area contributed by atoms with Crippen LogP contribution in [0.2, 0.25) is 0 Å². The molecule has 3 rings (SSSR count). The van der Waals surface area contributed by atoms with Gasteiger partial charge in [0.2, 0.25) is 13.1 Å². The van der Waals surface area contributed by atoms with Crippen molar-refractivity contribution in [2.75, 3.05) is 73.0 Å². The number of rotatable bonds is 14. The van der Waals surface area contributed by atoms with Crippen molar-refractivity contribution in [3.05, 3.63) is 95.6 Å². The predicted molar refractivity (Wildman–Crippen MR) is 163 cm³/mol. The summed E-state index contributed by atoms with van der Waals surface area (Å²) in [4.78, 5) is 15.3.